The Hall–Kier alpha value is -2.84. The lowest BCUT2D eigenvalue weighted by Gasteiger charge is -2.21. The van der Waals surface area contributed by atoms with Crippen molar-refractivity contribution in [2.45, 2.75) is 32.2 Å². The maximum Gasteiger partial charge on any atom is 0.312 e. The fourth-order valence-electron chi connectivity index (χ4n) is 3.91. The van der Waals surface area contributed by atoms with Crippen LogP contribution in [0, 0.1) is 24.1 Å². The van der Waals surface area contributed by atoms with Gasteiger partial charge in [0.25, 0.3) is 5.91 Å². The molecule has 8 nitrogen and oxygen atoms in total. The number of amides is 1. The molecule has 2 aromatic rings. The van der Waals surface area contributed by atoms with Gasteiger partial charge in [-0.15, -0.1) is 5.10 Å². The third-order valence-electron chi connectivity index (χ3n) is 5.30. The number of carboxylic acid groups (broad SMARTS) is 1. The number of carboxylic acids is 1. The number of halogens is 1. The van der Waals surface area contributed by atoms with Gasteiger partial charge < -0.3 is 10.4 Å². The van der Waals surface area contributed by atoms with Gasteiger partial charge in [0.05, 0.1) is 11.1 Å². The highest BCUT2D eigenvalue weighted by molar-refractivity contribution is 5.95. The zero-order chi connectivity index (χ0) is 17.8. The van der Waals surface area contributed by atoms with Crippen LogP contribution in [0.2, 0.25) is 0 Å². The lowest BCUT2D eigenvalue weighted by molar-refractivity contribution is -0.144. The Morgan fingerprint density at radius 2 is 2.16 bits per heavy atom. The van der Waals surface area contributed by atoms with Crippen molar-refractivity contribution < 1.29 is 19.1 Å². The average Bonchev–Trinajstić information content (AvgIpc) is 2.99. The molecule has 25 heavy (non-hydrogen) atoms. The molecule has 1 heterocycles. The van der Waals surface area contributed by atoms with E-state index < -0.39 is 29.2 Å². The fraction of sp³-hybridized carbons (Fsp3) is 0.438. The van der Waals surface area contributed by atoms with E-state index >= 15 is 0 Å². The van der Waals surface area contributed by atoms with Gasteiger partial charge in [-0.2, -0.15) is 4.68 Å². The minimum absolute atomic E-state index is 0.106. The van der Waals surface area contributed by atoms with Crippen molar-refractivity contribution in [1.29, 1.82) is 0 Å². The molecule has 0 radical (unpaired) electrons. The molecular formula is C16H16FN5O3. The number of carbonyl (C=O) groups excluding carboxylic acids is 1. The van der Waals surface area contributed by atoms with Gasteiger partial charge in [0.15, 0.2) is 5.82 Å². The molecule has 4 rings (SSSR count). The van der Waals surface area contributed by atoms with Crippen molar-refractivity contribution in [1.82, 2.24) is 25.5 Å². The second-order valence-electron chi connectivity index (χ2n) is 6.69. The Morgan fingerprint density at radius 3 is 2.80 bits per heavy atom. The van der Waals surface area contributed by atoms with Crippen LogP contribution in [0.4, 0.5) is 4.39 Å². The highest BCUT2D eigenvalue weighted by Crippen LogP contribution is 2.63. The molecule has 0 spiro atoms. The van der Waals surface area contributed by atoms with Crippen LogP contribution in [0.15, 0.2) is 18.2 Å². The van der Waals surface area contributed by atoms with Crippen LogP contribution in [0.1, 0.15) is 35.4 Å². The molecule has 1 aromatic heterocycles. The number of hydrogen-bond donors (Lipinski definition) is 2. The monoisotopic (exact) mass is 345 g/mol. The lowest BCUT2D eigenvalue weighted by Crippen LogP contribution is -2.43. The van der Waals surface area contributed by atoms with E-state index in [1.165, 1.54) is 16.8 Å². The van der Waals surface area contributed by atoms with E-state index in [0.29, 0.717) is 24.4 Å². The summed E-state index contributed by atoms with van der Waals surface area (Å²) in [6.45, 7) is 1.66. The zero-order valence-electron chi connectivity index (χ0n) is 13.4. The summed E-state index contributed by atoms with van der Waals surface area (Å²) in [5.41, 5.74) is -0.413. The van der Waals surface area contributed by atoms with Crippen LogP contribution in [0.5, 0.6) is 0 Å². The maximum absolute atomic E-state index is 14.0. The van der Waals surface area contributed by atoms with Crippen LogP contribution in [-0.4, -0.2) is 43.2 Å². The van der Waals surface area contributed by atoms with E-state index in [1.807, 2.05) is 0 Å². The minimum atomic E-state index is -0.871. The SMILES string of the molecule is Cc1nnnn1-c1cc(F)cc(C(=O)NC2CCC3CC32C(=O)O)c1. The number of aryl methyl sites for hydroxylation is 1. The molecule has 3 unspecified atom stereocenters. The number of aliphatic carboxylic acids is 1. The predicted octanol–water partition coefficient (Wildman–Crippen LogP) is 1.09. The molecule has 2 fully saturated rings. The van der Waals surface area contributed by atoms with E-state index in [1.54, 1.807) is 6.92 Å². The summed E-state index contributed by atoms with van der Waals surface area (Å²) in [5, 5.41) is 23.3. The van der Waals surface area contributed by atoms with Crippen LogP contribution < -0.4 is 5.32 Å². The van der Waals surface area contributed by atoms with Crippen molar-refractivity contribution in [3.05, 3.63) is 35.4 Å². The first kappa shape index (κ1) is 15.7. The van der Waals surface area contributed by atoms with Gasteiger partial charge in [0.1, 0.15) is 5.82 Å². The first-order valence-corrected chi connectivity index (χ1v) is 8.02. The lowest BCUT2D eigenvalue weighted by atomic mass is 9.97. The molecule has 2 aliphatic rings. The normalized spacial score (nSPS) is 27.0. The molecular weight excluding hydrogens is 329 g/mol. The van der Waals surface area contributed by atoms with Gasteiger partial charge in [-0.05, 0) is 60.7 Å². The summed E-state index contributed by atoms with van der Waals surface area (Å²) in [5.74, 6) is -1.38. The summed E-state index contributed by atoms with van der Waals surface area (Å²) in [7, 11) is 0. The predicted molar refractivity (Wildman–Crippen MR) is 82.5 cm³/mol. The topological polar surface area (TPSA) is 110 Å². The van der Waals surface area contributed by atoms with Crippen LogP contribution in [0.3, 0.4) is 0 Å². The Balaban J connectivity index is 1.60. The van der Waals surface area contributed by atoms with Gasteiger partial charge in [-0.1, -0.05) is 0 Å². The average molecular weight is 345 g/mol. The fourth-order valence-corrected chi connectivity index (χ4v) is 3.91. The number of hydrogen-bond acceptors (Lipinski definition) is 5. The third-order valence-corrected chi connectivity index (χ3v) is 5.30. The second kappa shape index (κ2) is 5.33. The molecule has 0 saturated heterocycles. The molecule has 2 aliphatic carbocycles. The zero-order valence-corrected chi connectivity index (χ0v) is 13.4. The highest BCUT2D eigenvalue weighted by atomic mass is 19.1. The minimum Gasteiger partial charge on any atom is -0.481 e. The van der Waals surface area contributed by atoms with E-state index in [0.717, 1.165) is 12.5 Å². The van der Waals surface area contributed by atoms with Crippen molar-refractivity contribution in [2.75, 3.05) is 0 Å². The number of aromatic nitrogens is 4. The van der Waals surface area contributed by atoms with Crippen molar-refractivity contribution in [2.24, 2.45) is 11.3 Å². The Morgan fingerprint density at radius 1 is 1.36 bits per heavy atom. The van der Waals surface area contributed by atoms with E-state index in [9.17, 15) is 19.1 Å². The molecule has 0 bridgehead atoms. The Bertz CT molecular complexity index is 882. The molecule has 1 amide bonds. The quantitative estimate of drug-likeness (QED) is 0.858. The van der Waals surface area contributed by atoms with E-state index in [4.69, 9.17) is 0 Å². The first-order chi connectivity index (χ1) is 11.9. The molecule has 2 saturated carbocycles. The number of fused-ring (bicyclic) bond motifs is 1. The van der Waals surface area contributed by atoms with Crippen LogP contribution >= 0.6 is 0 Å². The van der Waals surface area contributed by atoms with Crippen LogP contribution in [-0.2, 0) is 4.79 Å². The van der Waals surface area contributed by atoms with E-state index in [-0.39, 0.29) is 11.5 Å². The standard InChI is InChI=1S/C16H16FN5O3/c1-8-19-20-21-22(8)12-5-9(4-11(17)6-12)14(23)18-13-3-2-10-7-16(10,13)15(24)25/h4-6,10,13H,2-3,7H2,1H3,(H,18,23)(H,24,25). The molecule has 3 atom stereocenters. The Kier molecular flexibility index (Phi) is 3.34. The van der Waals surface area contributed by atoms with Gasteiger partial charge in [-0.25, -0.2) is 4.39 Å². The maximum atomic E-state index is 14.0. The summed E-state index contributed by atoms with van der Waals surface area (Å²) in [6.07, 6.45) is 2.00. The summed E-state index contributed by atoms with van der Waals surface area (Å²) >= 11 is 0. The summed E-state index contributed by atoms with van der Waals surface area (Å²) < 4.78 is 15.3. The smallest absolute Gasteiger partial charge is 0.312 e. The molecule has 2 N–H and O–H groups in total. The largest absolute Gasteiger partial charge is 0.481 e. The van der Waals surface area contributed by atoms with Gasteiger partial charge in [0.2, 0.25) is 0 Å². The highest BCUT2D eigenvalue weighted by Gasteiger charge is 2.68. The summed E-state index contributed by atoms with van der Waals surface area (Å²) in [6, 6.07) is 3.40. The number of rotatable bonds is 4. The first-order valence-electron chi connectivity index (χ1n) is 8.02. The Labute approximate surface area is 142 Å². The molecule has 130 valence electrons. The van der Waals surface area contributed by atoms with Gasteiger partial charge in [-0.3, -0.25) is 9.59 Å². The summed E-state index contributed by atoms with van der Waals surface area (Å²) in [4.78, 5) is 24.1. The second-order valence-corrected chi connectivity index (χ2v) is 6.69. The number of nitrogens with one attached hydrogen (secondary N) is 1. The number of carbonyl (C=O) groups is 2. The molecule has 9 heteroatoms. The van der Waals surface area contributed by atoms with Crippen molar-refractivity contribution in [3.8, 4) is 5.69 Å². The molecule has 0 aliphatic heterocycles. The van der Waals surface area contributed by atoms with Gasteiger partial charge in [0, 0.05) is 11.6 Å². The number of nitrogens with zero attached hydrogens (tertiary/aromatic N) is 4. The number of tetrazole rings is 1. The molecule has 1 aromatic carbocycles. The van der Waals surface area contributed by atoms with Crippen molar-refractivity contribution in [3.63, 3.8) is 0 Å². The third kappa shape index (κ3) is 2.38. The van der Waals surface area contributed by atoms with Crippen LogP contribution in [0.25, 0.3) is 5.69 Å². The van der Waals surface area contributed by atoms with Crippen molar-refractivity contribution >= 4 is 11.9 Å². The number of benzene rings is 1. The van der Waals surface area contributed by atoms with Gasteiger partial charge >= 0.3 is 5.97 Å². The van der Waals surface area contributed by atoms with E-state index in [2.05, 4.69) is 20.8 Å².